The molecule has 0 saturated carbocycles. The molecule has 1 aromatic carbocycles. The van der Waals surface area contributed by atoms with Crippen LogP contribution in [0.5, 0.6) is 0 Å². The fourth-order valence-electron chi connectivity index (χ4n) is 1.36. The van der Waals surface area contributed by atoms with E-state index in [9.17, 15) is 10.1 Å². The summed E-state index contributed by atoms with van der Waals surface area (Å²) in [5.74, 6) is 0. The van der Waals surface area contributed by atoms with E-state index in [1.807, 2.05) is 0 Å². The van der Waals surface area contributed by atoms with Crippen molar-refractivity contribution in [1.82, 2.24) is 0 Å². The summed E-state index contributed by atoms with van der Waals surface area (Å²) in [6.07, 6.45) is 0. The van der Waals surface area contributed by atoms with Gasteiger partial charge in [0.15, 0.2) is 0 Å². The molecule has 0 aliphatic heterocycles. The van der Waals surface area contributed by atoms with Gasteiger partial charge >= 0.3 is 0 Å². The molecule has 1 rings (SSSR count). The van der Waals surface area contributed by atoms with E-state index in [1.165, 1.54) is 18.2 Å². The minimum atomic E-state index is -0.562. The Hall–Kier alpha value is -2.35. The summed E-state index contributed by atoms with van der Waals surface area (Å²) < 4.78 is 5.02. The maximum Gasteiger partial charge on any atom is 0.292 e. The Kier molecular flexibility index (Phi) is 6.10. The molecule has 0 bridgehead atoms. The fraction of sp³-hybridized carbons (Fsp3) is 0.400. The van der Waals surface area contributed by atoms with Gasteiger partial charge in [0, 0.05) is 23.2 Å². The van der Waals surface area contributed by atoms with E-state index < -0.39 is 4.92 Å². The highest BCUT2D eigenvalue weighted by molar-refractivity contribution is 5.66. The van der Waals surface area contributed by atoms with Crippen molar-refractivity contribution < 1.29 is 14.8 Å². The number of nitrogens with one attached hydrogen (secondary N) is 1. The van der Waals surface area contributed by atoms with Crippen molar-refractivity contribution in [3.05, 3.63) is 38.8 Å². The lowest BCUT2D eigenvalue weighted by Gasteiger charge is -2.07. The van der Waals surface area contributed by atoms with Crippen LogP contribution >= 0.6 is 0 Å². The highest BCUT2D eigenvalue weighted by Gasteiger charge is 2.13. The molecule has 0 aromatic heterocycles. The lowest BCUT2D eigenvalue weighted by molar-refractivity contribution is -0.383. The van der Waals surface area contributed by atoms with Gasteiger partial charge in [-0.1, -0.05) is 11.2 Å². The van der Waals surface area contributed by atoms with Gasteiger partial charge in [-0.3, -0.25) is 10.1 Å². The predicted octanol–water partition coefficient (Wildman–Crippen LogP) is 1.96. The van der Waals surface area contributed by atoms with Crippen molar-refractivity contribution in [2.75, 3.05) is 31.7 Å². The van der Waals surface area contributed by atoms with Crippen molar-refractivity contribution in [2.45, 2.75) is 0 Å². The highest BCUT2D eigenvalue weighted by Crippen LogP contribution is 2.29. The number of nitro groups is 1. The Balaban J connectivity index is 2.71. The minimum Gasteiger partial charge on any atom is -0.394 e. The summed E-state index contributed by atoms with van der Waals surface area (Å²) in [5, 5.41) is 25.5. The second-order valence-corrected chi connectivity index (χ2v) is 3.41. The molecule has 1 aromatic rings. The molecule has 0 unspecified atom stereocenters. The molecular formula is C10H13N5O4. The van der Waals surface area contributed by atoms with Gasteiger partial charge in [0.25, 0.3) is 5.69 Å². The number of rotatable bonds is 8. The maximum atomic E-state index is 10.9. The summed E-state index contributed by atoms with van der Waals surface area (Å²) >= 11 is 0. The van der Waals surface area contributed by atoms with E-state index in [4.69, 9.17) is 15.4 Å². The van der Waals surface area contributed by atoms with Crippen molar-refractivity contribution in [3.63, 3.8) is 0 Å². The Morgan fingerprint density at radius 3 is 2.95 bits per heavy atom. The smallest absolute Gasteiger partial charge is 0.292 e. The maximum absolute atomic E-state index is 10.9. The first-order valence-electron chi connectivity index (χ1n) is 5.45. The molecule has 0 spiro atoms. The SMILES string of the molecule is [N-]=[N+]=Nc1ccc(NCCOCCO)c([N+](=O)[O-])c1. The number of ether oxygens (including phenoxy) is 1. The number of aliphatic hydroxyl groups excluding tert-OH is 1. The van der Waals surface area contributed by atoms with E-state index >= 15 is 0 Å². The fourth-order valence-corrected chi connectivity index (χ4v) is 1.36. The van der Waals surface area contributed by atoms with Gasteiger partial charge in [-0.2, -0.15) is 0 Å². The quantitative estimate of drug-likeness (QED) is 0.185. The zero-order valence-corrected chi connectivity index (χ0v) is 10.0. The first-order valence-corrected chi connectivity index (χ1v) is 5.45. The second-order valence-electron chi connectivity index (χ2n) is 3.41. The first kappa shape index (κ1) is 14.7. The van der Waals surface area contributed by atoms with Gasteiger partial charge in [0.05, 0.1) is 24.7 Å². The number of azide groups is 1. The molecule has 0 radical (unpaired) electrons. The summed E-state index contributed by atoms with van der Waals surface area (Å²) in [7, 11) is 0. The van der Waals surface area contributed by atoms with E-state index in [-0.39, 0.29) is 24.6 Å². The normalized spacial score (nSPS) is 9.74. The van der Waals surface area contributed by atoms with Crippen molar-refractivity contribution in [1.29, 1.82) is 0 Å². The zero-order valence-electron chi connectivity index (χ0n) is 10.0. The molecule has 0 aliphatic rings. The molecule has 0 amide bonds. The van der Waals surface area contributed by atoms with Crippen molar-refractivity contribution >= 4 is 17.1 Å². The molecular weight excluding hydrogens is 254 g/mol. The average Bonchev–Trinajstić information content (AvgIpc) is 2.40. The van der Waals surface area contributed by atoms with Gasteiger partial charge in [0.2, 0.25) is 0 Å². The summed E-state index contributed by atoms with van der Waals surface area (Å²) in [6, 6.07) is 4.13. The van der Waals surface area contributed by atoms with Crippen LogP contribution in [-0.4, -0.2) is 36.4 Å². The highest BCUT2D eigenvalue weighted by atomic mass is 16.6. The Bertz CT molecular complexity index is 487. The first-order chi connectivity index (χ1) is 9.19. The lowest BCUT2D eigenvalue weighted by atomic mass is 10.2. The van der Waals surface area contributed by atoms with E-state index in [2.05, 4.69) is 15.3 Å². The molecule has 19 heavy (non-hydrogen) atoms. The van der Waals surface area contributed by atoms with Crippen LogP contribution in [-0.2, 0) is 4.74 Å². The number of anilines is 1. The topological polar surface area (TPSA) is 133 Å². The Morgan fingerprint density at radius 1 is 1.53 bits per heavy atom. The van der Waals surface area contributed by atoms with E-state index in [0.29, 0.717) is 18.8 Å². The van der Waals surface area contributed by atoms with Gasteiger partial charge < -0.3 is 15.2 Å². The molecule has 0 aliphatic carbocycles. The third kappa shape index (κ3) is 4.80. The van der Waals surface area contributed by atoms with Crippen LogP contribution in [0.2, 0.25) is 0 Å². The van der Waals surface area contributed by atoms with Crippen LogP contribution in [0.4, 0.5) is 17.1 Å². The second kappa shape index (κ2) is 7.88. The van der Waals surface area contributed by atoms with Crippen LogP contribution in [0, 0.1) is 10.1 Å². The van der Waals surface area contributed by atoms with Crippen molar-refractivity contribution in [2.24, 2.45) is 5.11 Å². The predicted molar refractivity (Wildman–Crippen MR) is 68.3 cm³/mol. The summed E-state index contributed by atoms with van der Waals surface area (Å²) in [4.78, 5) is 12.9. The number of hydrogen-bond acceptors (Lipinski definition) is 6. The third-order valence-electron chi connectivity index (χ3n) is 2.14. The van der Waals surface area contributed by atoms with Crippen LogP contribution in [0.3, 0.4) is 0 Å². The van der Waals surface area contributed by atoms with Crippen LogP contribution in [0.1, 0.15) is 0 Å². The van der Waals surface area contributed by atoms with Gasteiger partial charge in [-0.25, -0.2) is 0 Å². The lowest BCUT2D eigenvalue weighted by Crippen LogP contribution is -2.12. The van der Waals surface area contributed by atoms with Crippen molar-refractivity contribution in [3.8, 4) is 0 Å². The average molecular weight is 267 g/mol. The molecule has 0 saturated heterocycles. The largest absolute Gasteiger partial charge is 0.394 e. The molecule has 2 N–H and O–H groups in total. The van der Waals surface area contributed by atoms with Gasteiger partial charge in [-0.05, 0) is 11.6 Å². The third-order valence-corrected chi connectivity index (χ3v) is 2.14. The van der Waals surface area contributed by atoms with Crippen LogP contribution in [0.25, 0.3) is 10.4 Å². The summed E-state index contributed by atoms with van der Waals surface area (Å²) in [6.45, 7) is 0.831. The molecule has 102 valence electrons. The number of aliphatic hydroxyl groups is 1. The monoisotopic (exact) mass is 267 g/mol. The molecule has 9 heteroatoms. The van der Waals surface area contributed by atoms with Crippen LogP contribution in [0.15, 0.2) is 23.3 Å². The molecule has 0 fully saturated rings. The van der Waals surface area contributed by atoms with E-state index in [0.717, 1.165) is 0 Å². The number of nitro benzene ring substituents is 1. The number of benzene rings is 1. The van der Waals surface area contributed by atoms with Crippen LogP contribution < -0.4 is 5.32 Å². The zero-order chi connectivity index (χ0) is 14.1. The van der Waals surface area contributed by atoms with Gasteiger partial charge in [-0.15, -0.1) is 0 Å². The molecule has 0 atom stereocenters. The Labute approximate surface area is 108 Å². The van der Waals surface area contributed by atoms with Gasteiger partial charge in [0.1, 0.15) is 5.69 Å². The molecule has 9 nitrogen and oxygen atoms in total. The Morgan fingerprint density at radius 2 is 2.32 bits per heavy atom. The molecule has 0 heterocycles. The minimum absolute atomic E-state index is 0.0684. The number of hydrogen-bond donors (Lipinski definition) is 2. The van der Waals surface area contributed by atoms with E-state index in [1.54, 1.807) is 0 Å². The number of nitrogens with zero attached hydrogens (tertiary/aromatic N) is 4. The standard InChI is InChI=1S/C10H13N5O4/c11-14-13-8-1-2-9(10(7-8)15(17)18)12-3-5-19-6-4-16/h1-2,7,12,16H,3-6H2. The summed E-state index contributed by atoms with van der Waals surface area (Å²) in [5.41, 5.74) is 8.60.